The van der Waals surface area contributed by atoms with E-state index in [0.29, 0.717) is 11.3 Å². The van der Waals surface area contributed by atoms with Crippen LogP contribution in [0.5, 0.6) is 5.75 Å². The Balaban J connectivity index is 1.29. The van der Waals surface area contributed by atoms with Crippen LogP contribution in [0.2, 0.25) is 0 Å². The van der Waals surface area contributed by atoms with Crippen LogP contribution < -0.4 is 11.1 Å². The van der Waals surface area contributed by atoms with Gasteiger partial charge < -0.3 is 36.6 Å². The smallest absolute Gasteiger partial charge is 0.255 e. The van der Waals surface area contributed by atoms with Gasteiger partial charge in [0, 0.05) is 49.5 Å². The van der Waals surface area contributed by atoms with Crippen molar-refractivity contribution in [2.45, 2.75) is 56.4 Å². The molecule has 6 rings (SSSR count). The molecule has 0 spiro atoms. The molecule has 2 aromatic carbocycles. The summed E-state index contributed by atoms with van der Waals surface area (Å²) in [5.41, 5.74) is 3.02. The predicted octanol–water partition coefficient (Wildman–Crippen LogP) is 2.19. The number of allylic oxidation sites excluding steroid dienone is 1. The number of nitrogens with one attached hydrogen (secondary N) is 1. The van der Waals surface area contributed by atoms with Crippen molar-refractivity contribution in [3.05, 3.63) is 81.8 Å². The van der Waals surface area contributed by atoms with Gasteiger partial charge in [-0.05, 0) is 36.0 Å². The Bertz CT molecular complexity index is 1580. The molecule has 1 fully saturated rings. The minimum absolute atomic E-state index is 0.0389. The number of piperidine rings is 1. The Morgan fingerprint density at radius 2 is 1.74 bits per heavy atom. The number of rotatable bonds is 5. The molecule has 4 aliphatic rings. The molecule has 1 saturated heterocycles. The number of nitrogens with zero attached hydrogens (tertiary/aromatic N) is 1. The monoisotopic (exact) mass is 589 g/mol. The van der Waals surface area contributed by atoms with E-state index >= 15 is 0 Å². The molecule has 1 amide bonds. The van der Waals surface area contributed by atoms with Crippen molar-refractivity contribution in [3.63, 3.8) is 0 Å². The molecule has 8 N–H and O–H groups in total. The number of fused-ring (bicyclic) bond motifs is 3. The number of aromatic hydroxyl groups is 1. The summed E-state index contributed by atoms with van der Waals surface area (Å²) in [7, 11) is 0. The van der Waals surface area contributed by atoms with Crippen LogP contribution >= 0.6 is 0 Å². The lowest BCUT2D eigenvalue weighted by Gasteiger charge is -2.50. The first-order chi connectivity index (χ1) is 20.4. The topological polar surface area (TPSA) is 194 Å². The lowest BCUT2D eigenvalue weighted by atomic mass is 9.56. The number of likely N-dealkylation sites (tertiary alicyclic amines) is 1. The van der Waals surface area contributed by atoms with Crippen LogP contribution in [-0.2, 0) is 16.1 Å². The Morgan fingerprint density at radius 3 is 2.40 bits per heavy atom. The van der Waals surface area contributed by atoms with Crippen molar-refractivity contribution in [3.8, 4) is 5.75 Å². The highest BCUT2D eigenvalue weighted by molar-refractivity contribution is 6.24. The van der Waals surface area contributed by atoms with Crippen LogP contribution in [0.15, 0.2) is 65.1 Å². The molecular formula is C32H35N3O8. The number of ketones is 2. The zero-order valence-electron chi connectivity index (χ0n) is 23.7. The average Bonchev–Trinajstić information content (AvgIpc) is 2.97. The Hall–Kier alpha value is -4.19. The number of aliphatic hydroxyl groups excluding tert-OH is 3. The summed E-state index contributed by atoms with van der Waals surface area (Å²) < 4.78 is 0. The van der Waals surface area contributed by atoms with Gasteiger partial charge in [-0.15, -0.1) is 0 Å². The Kier molecular flexibility index (Phi) is 7.07. The van der Waals surface area contributed by atoms with E-state index in [0.717, 1.165) is 32.5 Å². The predicted molar refractivity (Wildman–Crippen MR) is 155 cm³/mol. The maximum atomic E-state index is 13.9. The number of anilines is 1. The number of phenols is 1. The number of carbonyl (C=O) groups is 3. The van der Waals surface area contributed by atoms with Crippen molar-refractivity contribution in [1.82, 2.24) is 4.90 Å². The van der Waals surface area contributed by atoms with Crippen LogP contribution in [0.25, 0.3) is 0 Å². The largest absolute Gasteiger partial charge is 0.511 e. The summed E-state index contributed by atoms with van der Waals surface area (Å²) in [5.74, 6) is -8.67. The summed E-state index contributed by atoms with van der Waals surface area (Å²) in [4.78, 5) is 41.4. The second-order valence-electron chi connectivity index (χ2n) is 12.1. The van der Waals surface area contributed by atoms with Gasteiger partial charge in [0.1, 0.15) is 22.8 Å². The maximum absolute atomic E-state index is 13.9. The number of hydrogen-bond donors (Lipinski definition) is 7. The van der Waals surface area contributed by atoms with E-state index in [4.69, 9.17) is 5.73 Å². The van der Waals surface area contributed by atoms with Crippen molar-refractivity contribution in [2.24, 2.45) is 17.6 Å². The third-order valence-corrected chi connectivity index (χ3v) is 9.70. The molecule has 0 saturated carbocycles. The van der Waals surface area contributed by atoms with E-state index in [2.05, 4.69) is 22.3 Å². The highest BCUT2D eigenvalue weighted by Crippen LogP contribution is 2.55. The molecule has 11 heteroatoms. The van der Waals surface area contributed by atoms with Gasteiger partial charge in [0.2, 0.25) is 5.78 Å². The van der Waals surface area contributed by atoms with Crippen molar-refractivity contribution in [2.75, 3.05) is 18.4 Å². The number of aliphatic hydroxyl groups is 4. The number of hydrogen-bond acceptors (Lipinski definition) is 10. The highest BCUT2D eigenvalue weighted by Gasteiger charge is 2.64. The first-order valence-corrected chi connectivity index (χ1v) is 14.5. The van der Waals surface area contributed by atoms with Gasteiger partial charge in [-0.2, -0.15) is 0 Å². The first kappa shape index (κ1) is 28.9. The molecular weight excluding hydrogens is 554 g/mol. The highest BCUT2D eigenvalue weighted by atomic mass is 16.4. The minimum Gasteiger partial charge on any atom is -0.511 e. The van der Waals surface area contributed by atoms with E-state index < -0.39 is 76.0 Å². The summed E-state index contributed by atoms with van der Waals surface area (Å²) >= 11 is 0. The van der Waals surface area contributed by atoms with Gasteiger partial charge in [-0.3, -0.25) is 19.3 Å². The van der Waals surface area contributed by atoms with Crippen molar-refractivity contribution < 1.29 is 39.9 Å². The fourth-order valence-corrected chi connectivity index (χ4v) is 7.41. The molecule has 0 unspecified atom stereocenters. The van der Waals surface area contributed by atoms with Gasteiger partial charge in [-0.1, -0.05) is 43.3 Å². The molecule has 0 radical (unpaired) electrons. The molecule has 2 aromatic rings. The van der Waals surface area contributed by atoms with Crippen LogP contribution in [0.1, 0.15) is 53.6 Å². The molecule has 1 aliphatic heterocycles. The normalized spacial score (nSPS) is 29.7. The number of Topliss-reactive ketones (excluding diaryl/α,β-unsaturated/α-hetero) is 2. The van der Waals surface area contributed by atoms with E-state index in [1.54, 1.807) is 19.1 Å². The van der Waals surface area contributed by atoms with Crippen molar-refractivity contribution in [1.29, 1.82) is 0 Å². The van der Waals surface area contributed by atoms with Gasteiger partial charge in [0.25, 0.3) is 5.91 Å². The third kappa shape index (κ3) is 4.41. The zero-order chi connectivity index (χ0) is 30.8. The number of primary amides is 1. The number of carbonyl (C=O) groups excluding carboxylic acids is 3. The summed E-state index contributed by atoms with van der Waals surface area (Å²) in [6, 6.07) is 13.6. The first-order valence-electron chi connectivity index (χ1n) is 14.5. The molecule has 0 aromatic heterocycles. The molecule has 1 heterocycles. The fourth-order valence-electron chi connectivity index (χ4n) is 7.41. The van der Waals surface area contributed by atoms with Crippen LogP contribution in [0, 0.1) is 11.8 Å². The number of nitrogens with two attached hydrogens (primary N) is 1. The molecule has 43 heavy (non-hydrogen) atoms. The Morgan fingerprint density at radius 1 is 1.07 bits per heavy atom. The van der Waals surface area contributed by atoms with Gasteiger partial charge >= 0.3 is 0 Å². The van der Waals surface area contributed by atoms with Gasteiger partial charge in [-0.25, -0.2) is 0 Å². The van der Waals surface area contributed by atoms with Gasteiger partial charge in [0.15, 0.2) is 11.4 Å². The molecule has 11 nitrogen and oxygen atoms in total. The van der Waals surface area contributed by atoms with E-state index in [-0.39, 0.29) is 17.4 Å². The standard InChI is InChI=1S/C32H35N3O8/c1-15-18-7-8-20(34-17-9-11-35(12-10-17)14-16-5-3-2-4-6-16)27(38)23(18)28(39)25-22(15)26(37)19-13-21(36)24(31(33)42)29(40)32(19,43)30(25)41/h2-8,15,17,19,22,26,34,36-38,41,43H,9-14H2,1H3,(H2,33,42)/t15-,19+,22+,26+,32+/m0/s1. The summed E-state index contributed by atoms with van der Waals surface area (Å²) in [6.07, 6.45) is -0.439. The van der Waals surface area contributed by atoms with E-state index in [1.165, 1.54) is 5.56 Å². The molecule has 3 aliphatic carbocycles. The number of amides is 1. The lowest BCUT2D eigenvalue weighted by Crippen LogP contribution is -2.62. The second kappa shape index (κ2) is 10.5. The summed E-state index contributed by atoms with van der Waals surface area (Å²) in [6.45, 7) is 4.25. The Labute approximate surface area is 247 Å². The van der Waals surface area contributed by atoms with E-state index in [1.807, 2.05) is 18.2 Å². The van der Waals surface area contributed by atoms with Crippen molar-refractivity contribution >= 4 is 23.2 Å². The van der Waals surface area contributed by atoms with Crippen LogP contribution in [0.3, 0.4) is 0 Å². The average molecular weight is 590 g/mol. The summed E-state index contributed by atoms with van der Waals surface area (Å²) in [5, 5.41) is 59.2. The minimum atomic E-state index is -2.85. The zero-order valence-corrected chi connectivity index (χ0v) is 23.7. The number of benzene rings is 2. The molecule has 226 valence electrons. The quantitative estimate of drug-likeness (QED) is 0.201. The van der Waals surface area contributed by atoms with Crippen LogP contribution in [0.4, 0.5) is 5.69 Å². The lowest BCUT2D eigenvalue weighted by molar-refractivity contribution is -0.154. The fraction of sp³-hybridized carbons (Fsp3) is 0.406. The molecule has 5 atom stereocenters. The third-order valence-electron chi connectivity index (χ3n) is 9.70. The molecule has 0 bridgehead atoms. The van der Waals surface area contributed by atoms with Crippen LogP contribution in [-0.4, -0.2) is 78.7 Å². The SMILES string of the molecule is C[C@H]1c2ccc(NC3CCN(Cc4ccccc4)CC3)c(O)c2C(=O)C2=C(O)[C@]3(O)C(=O)C(C(N)=O)=C(O)C[C@@H]3[C@@H](O)[C@@H]21. The van der Waals surface area contributed by atoms with Gasteiger partial charge in [0.05, 0.1) is 17.4 Å². The maximum Gasteiger partial charge on any atom is 0.255 e. The number of phenolic OH excluding ortho intramolecular Hbond substituents is 1. The van der Waals surface area contributed by atoms with E-state index in [9.17, 15) is 39.9 Å². The second-order valence-corrected chi connectivity index (χ2v) is 12.1.